The summed E-state index contributed by atoms with van der Waals surface area (Å²) in [6.07, 6.45) is 0.685. The maximum Gasteiger partial charge on any atom is 0.407 e. The molecule has 0 fully saturated rings. The number of aromatic amines is 1. The average Bonchev–Trinajstić information content (AvgIpc) is 3.45. The number of halogens is 5. The van der Waals surface area contributed by atoms with E-state index in [0.717, 1.165) is 17.8 Å². The number of H-pyrrole nitrogens is 1. The minimum absolute atomic E-state index is 0.0542. The Labute approximate surface area is 306 Å². The Morgan fingerprint density at radius 1 is 1.14 bits per heavy atom. The van der Waals surface area contributed by atoms with Crippen LogP contribution >= 0.6 is 46.6 Å². The number of nitrogens with one attached hydrogen (secondary N) is 3. The smallest absolute Gasteiger partial charge is 0.407 e. The molecule has 3 amide bonds. The molecule has 0 spiro atoms. The lowest BCUT2D eigenvalue weighted by Gasteiger charge is -2.21. The number of amides is 3. The van der Waals surface area contributed by atoms with E-state index in [1.54, 1.807) is 39.0 Å². The number of pyridine rings is 1. The summed E-state index contributed by atoms with van der Waals surface area (Å²) in [5.74, 6) is -0.339. The fourth-order valence-electron chi connectivity index (χ4n) is 5.13. The topological polar surface area (TPSA) is 133 Å². The molecule has 4 rings (SSSR count). The maximum absolute atomic E-state index is 14.3. The highest BCUT2D eigenvalue weighted by atomic mass is 35.5. The molecule has 0 radical (unpaired) electrons. The van der Waals surface area contributed by atoms with Crippen LogP contribution in [0.3, 0.4) is 0 Å². The van der Waals surface area contributed by atoms with Crippen molar-refractivity contribution in [2.45, 2.75) is 67.6 Å². The van der Waals surface area contributed by atoms with Gasteiger partial charge in [-0.15, -0.1) is 0 Å². The van der Waals surface area contributed by atoms with Gasteiger partial charge in [0.2, 0.25) is 6.41 Å². The second-order valence-corrected chi connectivity index (χ2v) is 14.6. The first kappa shape index (κ1) is 39.2. The SMILES string of the molecule is CNCCCN(C=O)c1cc2c(cc1OC)CN(C(=O)c1c(Sc3c(Cl)ccc(CNC(=O)OC(C)(C)C)c3Cl)cc(C(F)(F)Cl)[nH]c1=O)C2. The number of ether oxygens (including phenoxy) is 2. The third-order valence-electron chi connectivity index (χ3n) is 7.45. The number of aromatic nitrogens is 1. The molecular formula is C33H36Cl3F2N5O6S. The van der Waals surface area contributed by atoms with Crippen molar-refractivity contribution in [3.63, 3.8) is 0 Å². The first-order valence-corrected chi connectivity index (χ1v) is 17.2. The fraction of sp³-hybridized carbons (Fsp3) is 0.394. The Bertz CT molecular complexity index is 1830. The number of benzene rings is 2. The van der Waals surface area contributed by atoms with Crippen LogP contribution < -0.4 is 25.8 Å². The van der Waals surface area contributed by atoms with Crippen LogP contribution in [0.25, 0.3) is 0 Å². The van der Waals surface area contributed by atoms with Gasteiger partial charge in [0, 0.05) is 36.0 Å². The largest absolute Gasteiger partial charge is 0.495 e. The molecule has 0 bridgehead atoms. The van der Waals surface area contributed by atoms with Crippen LogP contribution in [0, 0.1) is 0 Å². The van der Waals surface area contributed by atoms with E-state index in [2.05, 4.69) is 10.6 Å². The monoisotopic (exact) mass is 773 g/mol. The van der Waals surface area contributed by atoms with Gasteiger partial charge < -0.3 is 34.9 Å². The third kappa shape index (κ3) is 9.40. The standard InChI is InChI=1S/C33H36Cl3F2N5O6S/c1-32(2,3)49-31(47)40-14-18-7-8-21(34)28(27(18)35)50-24-13-25(33(36,37)38)41-29(45)26(24)30(46)43-15-19-11-22(23(48-5)12-20(19)16-43)42(17-44)10-6-9-39-4/h7-8,11-13,17,39H,6,9-10,14-16H2,1-5H3,(H,40,47)(H,41,45). The second-order valence-electron chi connectivity index (χ2n) is 12.3. The zero-order valence-corrected chi connectivity index (χ0v) is 30.9. The first-order valence-electron chi connectivity index (χ1n) is 15.3. The molecule has 1 aliphatic heterocycles. The van der Waals surface area contributed by atoms with Crippen molar-refractivity contribution in [3.05, 3.63) is 78.7 Å². The summed E-state index contributed by atoms with van der Waals surface area (Å²) < 4.78 is 39.5. The van der Waals surface area contributed by atoms with Gasteiger partial charge in [-0.3, -0.25) is 14.4 Å². The lowest BCUT2D eigenvalue weighted by Crippen LogP contribution is -2.32. The molecule has 11 nitrogen and oxygen atoms in total. The van der Waals surface area contributed by atoms with Gasteiger partial charge >= 0.3 is 11.5 Å². The zero-order valence-electron chi connectivity index (χ0n) is 27.8. The lowest BCUT2D eigenvalue weighted by atomic mass is 10.1. The van der Waals surface area contributed by atoms with E-state index in [-0.39, 0.29) is 39.5 Å². The number of hydrogen-bond acceptors (Lipinski definition) is 8. The molecule has 0 unspecified atom stereocenters. The van der Waals surface area contributed by atoms with Crippen molar-refractivity contribution >= 4 is 70.7 Å². The second kappa shape index (κ2) is 16.2. The highest BCUT2D eigenvalue weighted by molar-refractivity contribution is 7.99. The summed E-state index contributed by atoms with van der Waals surface area (Å²) in [5.41, 5.74) is -0.884. The summed E-state index contributed by atoms with van der Waals surface area (Å²) in [5, 5.41) is 1.80. The molecule has 0 atom stereocenters. The number of carbonyl (C=O) groups excluding carboxylic acids is 3. The quantitative estimate of drug-likeness (QED) is 0.0973. The minimum atomic E-state index is -3.97. The van der Waals surface area contributed by atoms with Gasteiger partial charge in [-0.1, -0.05) is 41.0 Å². The summed E-state index contributed by atoms with van der Waals surface area (Å²) in [7, 11) is 3.28. The molecule has 0 aliphatic carbocycles. The van der Waals surface area contributed by atoms with E-state index in [9.17, 15) is 28.0 Å². The predicted molar refractivity (Wildman–Crippen MR) is 189 cm³/mol. The molecular weight excluding hydrogens is 739 g/mol. The molecule has 2 aromatic carbocycles. The van der Waals surface area contributed by atoms with Crippen LogP contribution in [0.15, 0.2) is 44.9 Å². The number of alkyl carbamates (subject to hydrolysis) is 1. The Kier molecular flexibility index (Phi) is 12.7. The maximum atomic E-state index is 14.3. The van der Waals surface area contributed by atoms with Crippen molar-refractivity contribution < 1.29 is 32.6 Å². The number of fused-ring (bicyclic) bond motifs is 1. The summed E-state index contributed by atoms with van der Waals surface area (Å²) >= 11 is 19.2. The van der Waals surface area contributed by atoms with Crippen molar-refractivity contribution in [1.29, 1.82) is 0 Å². The van der Waals surface area contributed by atoms with Crippen molar-refractivity contribution in [1.82, 2.24) is 20.5 Å². The van der Waals surface area contributed by atoms with Crippen molar-refractivity contribution in [3.8, 4) is 5.75 Å². The predicted octanol–water partition coefficient (Wildman–Crippen LogP) is 6.88. The van der Waals surface area contributed by atoms with Gasteiger partial charge in [0.25, 0.3) is 11.5 Å². The molecule has 0 saturated heterocycles. The van der Waals surface area contributed by atoms with Gasteiger partial charge in [0.15, 0.2) is 0 Å². The fourth-order valence-corrected chi connectivity index (χ4v) is 6.96. The average molecular weight is 775 g/mol. The first-order chi connectivity index (χ1) is 23.5. The molecule has 50 heavy (non-hydrogen) atoms. The molecule has 3 N–H and O–H groups in total. The molecule has 0 saturated carbocycles. The highest BCUT2D eigenvalue weighted by Gasteiger charge is 2.35. The summed E-state index contributed by atoms with van der Waals surface area (Å²) in [6.45, 7) is 6.28. The number of nitrogens with zero attached hydrogens (tertiary/aromatic N) is 2. The van der Waals surface area contributed by atoms with E-state index in [0.29, 0.717) is 54.0 Å². The number of hydrogen-bond donors (Lipinski definition) is 3. The van der Waals surface area contributed by atoms with Crippen LogP contribution in [0.2, 0.25) is 10.0 Å². The Hall–Kier alpha value is -3.56. The van der Waals surface area contributed by atoms with E-state index in [1.807, 2.05) is 12.0 Å². The number of methoxy groups -OCH3 is 1. The van der Waals surface area contributed by atoms with E-state index < -0.39 is 39.8 Å². The minimum Gasteiger partial charge on any atom is -0.495 e. The molecule has 270 valence electrons. The van der Waals surface area contributed by atoms with E-state index in [4.69, 9.17) is 44.3 Å². The van der Waals surface area contributed by atoms with Crippen LogP contribution in [-0.4, -0.2) is 61.1 Å². The molecule has 2 heterocycles. The Morgan fingerprint density at radius 3 is 2.42 bits per heavy atom. The zero-order chi connectivity index (χ0) is 37.0. The molecule has 3 aromatic rings. The van der Waals surface area contributed by atoms with Crippen LogP contribution in [0.5, 0.6) is 5.75 Å². The number of alkyl halides is 3. The molecule has 17 heteroatoms. The highest BCUT2D eigenvalue weighted by Crippen LogP contribution is 2.43. The van der Waals surface area contributed by atoms with Crippen LogP contribution in [-0.2, 0) is 34.5 Å². The van der Waals surface area contributed by atoms with E-state index in [1.165, 1.54) is 23.0 Å². The van der Waals surface area contributed by atoms with Crippen molar-refractivity contribution in [2.75, 3.05) is 32.1 Å². The van der Waals surface area contributed by atoms with E-state index >= 15 is 0 Å². The summed E-state index contributed by atoms with van der Waals surface area (Å²) in [6, 6.07) is 7.42. The van der Waals surface area contributed by atoms with Crippen LogP contribution in [0.1, 0.15) is 59.9 Å². The molecule has 1 aromatic heterocycles. The van der Waals surface area contributed by atoms with Gasteiger partial charge in [-0.05, 0) is 93.3 Å². The van der Waals surface area contributed by atoms with Crippen molar-refractivity contribution in [2.24, 2.45) is 0 Å². The van der Waals surface area contributed by atoms with Gasteiger partial charge in [0.1, 0.15) is 22.6 Å². The van der Waals surface area contributed by atoms with Gasteiger partial charge in [-0.2, -0.15) is 8.78 Å². The lowest BCUT2D eigenvalue weighted by molar-refractivity contribution is -0.107. The van der Waals surface area contributed by atoms with Crippen LogP contribution in [0.4, 0.5) is 19.3 Å². The number of anilines is 1. The van der Waals surface area contributed by atoms with Gasteiger partial charge in [-0.25, -0.2) is 4.79 Å². The summed E-state index contributed by atoms with van der Waals surface area (Å²) in [4.78, 5) is 56.6. The Balaban J connectivity index is 1.69. The van der Waals surface area contributed by atoms with Gasteiger partial charge in [0.05, 0.1) is 22.8 Å². The normalized spacial score (nSPS) is 12.8. The number of carbonyl (C=O) groups is 3. The number of rotatable bonds is 13. The third-order valence-corrected chi connectivity index (χ3v) is 9.80. The Morgan fingerprint density at radius 2 is 1.82 bits per heavy atom. The molecule has 1 aliphatic rings.